The summed E-state index contributed by atoms with van der Waals surface area (Å²) < 4.78 is 5.56. The van der Waals surface area contributed by atoms with E-state index < -0.39 is 0 Å². The number of nitrogens with one attached hydrogen (secondary N) is 1. The highest BCUT2D eigenvalue weighted by atomic mass is 32.2. The number of anilines is 1. The van der Waals surface area contributed by atoms with Crippen molar-refractivity contribution in [2.75, 3.05) is 23.4 Å². The minimum atomic E-state index is 0.375. The van der Waals surface area contributed by atoms with Crippen LogP contribution in [0.3, 0.4) is 0 Å². The molecule has 1 atom stereocenters. The topological polar surface area (TPSA) is 47.0 Å². The van der Waals surface area contributed by atoms with Gasteiger partial charge in [0.1, 0.15) is 0 Å². The van der Waals surface area contributed by atoms with Crippen molar-refractivity contribution < 1.29 is 4.74 Å². The summed E-state index contributed by atoms with van der Waals surface area (Å²) in [6.07, 6.45) is 2.09. The van der Waals surface area contributed by atoms with Gasteiger partial charge < -0.3 is 10.1 Å². The smallest absolute Gasteiger partial charge is 0.226 e. The zero-order valence-electron chi connectivity index (χ0n) is 12.4. The molecule has 0 radical (unpaired) electrons. The average Bonchev–Trinajstić information content (AvgIpc) is 2.36. The third-order valence-corrected chi connectivity index (χ3v) is 3.49. The van der Waals surface area contributed by atoms with Gasteiger partial charge in [0.2, 0.25) is 11.8 Å². The second-order valence-corrected chi connectivity index (χ2v) is 5.94. The van der Waals surface area contributed by atoms with Gasteiger partial charge in [-0.25, -0.2) is 4.98 Å². The first kappa shape index (κ1) is 16.1. The molecule has 0 aromatic carbocycles. The Hall–Kier alpha value is -0.970. The van der Waals surface area contributed by atoms with Gasteiger partial charge >= 0.3 is 0 Å². The molecule has 4 nitrogen and oxygen atoms in total. The monoisotopic (exact) mass is 283 g/mol. The summed E-state index contributed by atoms with van der Waals surface area (Å²) >= 11 is 1.96. The van der Waals surface area contributed by atoms with Crippen molar-refractivity contribution in [3.05, 3.63) is 11.8 Å². The van der Waals surface area contributed by atoms with Crippen LogP contribution in [0.15, 0.2) is 6.07 Å². The Morgan fingerprint density at radius 1 is 1.37 bits per heavy atom. The second-order valence-electron chi connectivity index (χ2n) is 4.55. The average molecular weight is 283 g/mol. The Morgan fingerprint density at radius 2 is 2.16 bits per heavy atom. The Labute approximate surface area is 120 Å². The van der Waals surface area contributed by atoms with E-state index in [-0.39, 0.29) is 0 Å². The highest BCUT2D eigenvalue weighted by Crippen LogP contribution is 2.14. The Morgan fingerprint density at radius 3 is 2.84 bits per heavy atom. The number of thioether (sulfide) groups is 1. The maximum atomic E-state index is 5.56. The van der Waals surface area contributed by atoms with E-state index in [1.54, 1.807) is 0 Å². The van der Waals surface area contributed by atoms with E-state index in [2.05, 4.69) is 36.1 Å². The molecule has 1 rings (SSSR count). The van der Waals surface area contributed by atoms with Gasteiger partial charge in [0.15, 0.2) is 0 Å². The molecule has 1 aromatic rings. The molecule has 19 heavy (non-hydrogen) atoms. The Kier molecular flexibility index (Phi) is 7.63. The van der Waals surface area contributed by atoms with Gasteiger partial charge in [0.05, 0.1) is 6.61 Å². The quantitative estimate of drug-likeness (QED) is 0.703. The zero-order chi connectivity index (χ0) is 14.1. The lowest BCUT2D eigenvalue weighted by molar-refractivity contribution is 0.305. The van der Waals surface area contributed by atoms with Crippen molar-refractivity contribution >= 4 is 17.7 Å². The number of nitrogens with zero attached hydrogens (tertiary/aromatic N) is 2. The van der Waals surface area contributed by atoms with Gasteiger partial charge in [-0.15, -0.1) is 0 Å². The molecule has 0 saturated heterocycles. The molecular formula is C14H25N3OS. The number of hydrogen-bond acceptors (Lipinski definition) is 5. The fourth-order valence-corrected chi connectivity index (χ4v) is 2.39. The first-order valence-corrected chi connectivity index (χ1v) is 8.14. The number of rotatable bonds is 9. The molecule has 0 bridgehead atoms. The van der Waals surface area contributed by atoms with Crippen LogP contribution in [0.25, 0.3) is 0 Å². The first-order valence-electron chi connectivity index (χ1n) is 6.98. The fourth-order valence-electron chi connectivity index (χ4n) is 1.58. The number of ether oxygens (including phenoxy) is 1. The van der Waals surface area contributed by atoms with Crippen LogP contribution in [0.4, 0.5) is 5.95 Å². The summed E-state index contributed by atoms with van der Waals surface area (Å²) in [5.74, 6) is 3.66. The lowest BCUT2D eigenvalue weighted by Gasteiger charge is -2.14. The van der Waals surface area contributed by atoms with Crippen LogP contribution < -0.4 is 10.1 Å². The van der Waals surface area contributed by atoms with E-state index >= 15 is 0 Å². The molecule has 1 heterocycles. The summed E-state index contributed by atoms with van der Waals surface area (Å²) in [4.78, 5) is 8.79. The molecule has 0 aliphatic carbocycles. The van der Waals surface area contributed by atoms with Gasteiger partial charge in [0, 0.05) is 17.8 Å². The zero-order valence-corrected chi connectivity index (χ0v) is 13.2. The lowest BCUT2D eigenvalue weighted by Crippen LogP contribution is -2.18. The van der Waals surface area contributed by atoms with Gasteiger partial charge in [-0.1, -0.05) is 13.8 Å². The molecule has 108 valence electrons. The lowest BCUT2D eigenvalue weighted by atomic mass is 10.3. The Balaban J connectivity index is 2.54. The molecule has 1 unspecified atom stereocenters. The SMILES string of the molecule is CCCOc1cc(C)nc(NC(C)CCSCC)n1. The molecule has 5 heteroatoms. The standard InChI is InChI=1S/C14H25N3OS/c1-5-8-18-13-10-12(4)16-14(17-13)15-11(3)7-9-19-6-2/h10-11H,5-9H2,1-4H3,(H,15,16,17). The molecule has 1 aromatic heterocycles. The highest BCUT2D eigenvalue weighted by molar-refractivity contribution is 7.99. The van der Waals surface area contributed by atoms with Crippen LogP contribution in [-0.2, 0) is 0 Å². The number of aromatic nitrogens is 2. The predicted molar refractivity (Wildman–Crippen MR) is 83.3 cm³/mol. The number of hydrogen-bond donors (Lipinski definition) is 1. The third-order valence-electron chi connectivity index (χ3n) is 2.56. The maximum Gasteiger partial charge on any atom is 0.226 e. The van der Waals surface area contributed by atoms with Crippen molar-refractivity contribution in [1.29, 1.82) is 0 Å². The van der Waals surface area contributed by atoms with Crippen LogP contribution >= 0.6 is 11.8 Å². The van der Waals surface area contributed by atoms with E-state index in [0.717, 1.165) is 24.3 Å². The minimum Gasteiger partial charge on any atom is -0.478 e. The van der Waals surface area contributed by atoms with E-state index in [0.29, 0.717) is 24.5 Å². The van der Waals surface area contributed by atoms with Crippen LogP contribution in [0.2, 0.25) is 0 Å². The molecule has 1 N–H and O–H groups in total. The van der Waals surface area contributed by atoms with Crippen LogP contribution in [-0.4, -0.2) is 34.1 Å². The van der Waals surface area contributed by atoms with Gasteiger partial charge in [0.25, 0.3) is 0 Å². The van der Waals surface area contributed by atoms with Crippen molar-refractivity contribution in [3.8, 4) is 5.88 Å². The summed E-state index contributed by atoms with van der Waals surface area (Å²) in [5, 5.41) is 3.34. The highest BCUT2D eigenvalue weighted by Gasteiger charge is 2.07. The van der Waals surface area contributed by atoms with E-state index in [4.69, 9.17) is 4.74 Å². The van der Waals surface area contributed by atoms with Gasteiger partial charge in [-0.3, -0.25) is 0 Å². The summed E-state index contributed by atoms with van der Waals surface area (Å²) in [6.45, 7) is 9.08. The minimum absolute atomic E-state index is 0.375. The van der Waals surface area contributed by atoms with Crippen molar-refractivity contribution in [1.82, 2.24) is 9.97 Å². The molecule has 0 aliphatic rings. The fraction of sp³-hybridized carbons (Fsp3) is 0.714. The largest absolute Gasteiger partial charge is 0.478 e. The van der Waals surface area contributed by atoms with Crippen molar-refractivity contribution in [2.24, 2.45) is 0 Å². The van der Waals surface area contributed by atoms with Gasteiger partial charge in [-0.05, 0) is 38.2 Å². The first-order chi connectivity index (χ1) is 9.15. The van der Waals surface area contributed by atoms with Crippen LogP contribution in [0.1, 0.15) is 39.3 Å². The molecule has 0 saturated carbocycles. The van der Waals surface area contributed by atoms with Crippen molar-refractivity contribution in [2.45, 2.75) is 46.6 Å². The van der Waals surface area contributed by atoms with Crippen molar-refractivity contribution in [3.63, 3.8) is 0 Å². The molecule has 0 amide bonds. The molecular weight excluding hydrogens is 258 g/mol. The van der Waals surface area contributed by atoms with Crippen LogP contribution in [0.5, 0.6) is 5.88 Å². The molecule has 0 spiro atoms. The van der Waals surface area contributed by atoms with Gasteiger partial charge in [-0.2, -0.15) is 16.7 Å². The second kappa shape index (κ2) is 9.02. The molecule has 0 aliphatic heterocycles. The van der Waals surface area contributed by atoms with E-state index in [9.17, 15) is 0 Å². The Bertz CT molecular complexity index is 374. The molecule has 0 fully saturated rings. The number of aryl methyl sites for hydroxylation is 1. The summed E-state index contributed by atoms with van der Waals surface area (Å²) in [6, 6.07) is 2.25. The van der Waals surface area contributed by atoms with E-state index in [1.807, 2.05) is 24.8 Å². The van der Waals surface area contributed by atoms with E-state index in [1.165, 1.54) is 5.75 Å². The maximum absolute atomic E-state index is 5.56. The third kappa shape index (κ3) is 6.66. The summed E-state index contributed by atoms with van der Waals surface area (Å²) in [5.41, 5.74) is 0.929. The summed E-state index contributed by atoms with van der Waals surface area (Å²) in [7, 11) is 0. The predicted octanol–water partition coefficient (Wildman–Crippen LogP) is 3.52. The van der Waals surface area contributed by atoms with Crippen LogP contribution in [0, 0.1) is 6.92 Å². The normalized spacial score (nSPS) is 12.2.